The van der Waals surface area contributed by atoms with Crippen LogP contribution in [0.15, 0.2) is 18.2 Å². The molecule has 0 saturated carbocycles. The van der Waals surface area contributed by atoms with Crippen molar-refractivity contribution in [3.8, 4) is 0 Å². The third kappa shape index (κ3) is 3.09. The molecule has 1 aliphatic rings. The van der Waals surface area contributed by atoms with Gasteiger partial charge in [0.25, 0.3) is 5.91 Å². The summed E-state index contributed by atoms with van der Waals surface area (Å²) in [6, 6.07) is 3.81. The standard InChI is InChI=1S/C11H12ClFN2O.ClH/c12-10-5-7(13)1-2-9(10)11(16)15-4-3-8(14)6-15;/h1-2,5,8H,3-4,6,14H2;1H. The normalized spacial score (nSPS) is 19.0. The van der Waals surface area contributed by atoms with Gasteiger partial charge >= 0.3 is 0 Å². The first kappa shape index (κ1) is 14.2. The molecule has 2 N–H and O–H groups in total. The van der Waals surface area contributed by atoms with Crippen LogP contribution in [0.3, 0.4) is 0 Å². The summed E-state index contributed by atoms with van der Waals surface area (Å²) in [5.41, 5.74) is 6.05. The molecule has 1 aromatic carbocycles. The second-order valence-electron chi connectivity index (χ2n) is 3.92. The monoisotopic (exact) mass is 278 g/mol. The number of carbonyl (C=O) groups is 1. The number of benzene rings is 1. The van der Waals surface area contributed by atoms with Gasteiger partial charge in [-0.05, 0) is 24.6 Å². The Labute approximate surface area is 110 Å². The minimum Gasteiger partial charge on any atom is -0.337 e. The molecule has 0 aliphatic carbocycles. The number of rotatable bonds is 1. The predicted octanol–water partition coefficient (Wildman–Crippen LogP) is 2.07. The van der Waals surface area contributed by atoms with Crippen LogP contribution in [-0.2, 0) is 0 Å². The maximum Gasteiger partial charge on any atom is 0.255 e. The summed E-state index contributed by atoms with van der Waals surface area (Å²) < 4.78 is 12.8. The molecule has 1 unspecified atom stereocenters. The number of hydrogen-bond acceptors (Lipinski definition) is 2. The molecule has 6 heteroatoms. The lowest BCUT2D eigenvalue weighted by Gasteiger charge is -2.16. The van der Waals surface area contributed by atoms with Crippen LogP contribution in [0, 0.1) is 5.82 Å². The molecule has 1 aliphatic heterocycles. The van der Waals surface area contributed by atoms with Gasteiger partial charge in [0, 0.05) is 19.1 Å². The molecule has 0 spiro atoms. The first-order valence-electron chi connectivity index (χ1n) is 5.08. The molecule has 3 nitrogen and oxygen atoms in total. The largest absolute Gasteiger partial charge is 0.337 e. The highest BCUT2D eigenvalue weighted by Crippen LogP contribution is 2.20. The summed E-state index contributed by atoms with van der Waals surface area (Å²) in [6.07, 6.45) is 0.796. The van der Waals surface area contributed by atoms with E-state index in [1.165, 1.54) is 12.1 Å². The SMILES string of the molecule is Cl.NC1CCN(C(=O)c2ccc(F)cc2Cl)C1. The number of likely N-dealkylation sites (tertiary alicyclic amines) is 1. The molecule has 1 atom stereocenters. The van der Waals surface area contributed by atoms with Crippen LogP contribution in [0.5, 0.6) is 0 Å². The molecular formula is C11H13Cl2FN2O. The molecular weight excluding hydrogens is 266 g/mol. The number of nitrogens with two attached hydrogens (primary N) is 1. The smallest absolute Gasteiger partial charge is 0.255 e. The molecule has 2 rings (SSSR count). The molecule has 1 saturated heterocycles. The van der Waals surface area contributed by atoms with Crippen LogP contribution >= 0.6 is 24.0 Å². The summed E-state index contributed by atoms with van der Waals surface area (Å²) in [5, 5.41) is 0.144. The van der Waals surface area contributed by atoms with Gasteiger partial charge in [0.1, 0.15) is 5.82 Å². The van der Waals surface area contributed by atoms with Gasteiger partial charge < -0.3 is 10.6 Å². The Morgan fingerprint density at radius 3 is 2.76 bits per heavy atom. The lowest BCUT2D eigenvalue weighted by atomic mass is 10.2. The first-order chi connectivity index (χ1) is 7.58. The molecule has 1 fully saturated rings. The van der Waals surface area contributed by atoms with E-state index in [1.807, 2.05) is 0 Å². The van der Waals surface area contributed by atoms with Crippen molar-refractivity contribution < 1.29 is 9.18 Å². The fourth-order valence-electron chi connectivity index (χ4n) is 1.81. The zero-order valence-corrected chi connectivity index (χ0v) is 10.6. The Balaban J connectivity index is 0.00000144. The highest BCUT2D eigenvalue weighted by atomic mass is 35.5. The zero-order valence-electron chi connectivity index (χ0n) is 9.03. The van der Waals surface area contributed by atoms with E-state index in [4.69, 9.17) is 17.3 Å². The van der Waals surface area contributed by atoms with Crippen LogP contribution in [0.25, 0.3) is 0 Å². The van der Waals surface area contributed by atoms with Crippen molar-refractivity contribution in [2.45, 2.75) is 12.5 Å². The summed E-state index contributed by atoms with van der Waals surface area (Å²) in [5.74, 6) is -0.627. The number of halogens is 3. The molecule has 0 bridgehead atoms. The quantitative estimate of drug-likeness (QED) is 0.855. The Hall–Kier alpha value is -0.840. The van der Waals surface area contributed by atoms with E-state index in [0.29, 0.717) is 18.7 Å². The molecule has 0 aromatic heterocycles. The van der Waals surface area contributed by atoms with Crippen molar-refractivity contribution in [1.82, 2.24) is 4.90 Å². The number of nitrogens with zero attached hydrogens (tertiary/aromatic N) is 1. The van der Waals surface area contributed by atoms with Crippen molar-refractivity contribution in [3.63, 3.8) is 0 Å². The highest BCUT2D eigenvalue weighted by Gasteiger charge is 2.25. The highest BCUT2D eigenvalue weighted by molar-refractivity contribution is 6.33. The van der Waals surface area contributed by atoms with Gasteiger partial charge in [-0.3, -0.25) is 4.79 Å². The Morgan fingerprint density at radius 2 is 2.24 bits per heavy atom. The van der Waals surface area contributed by atoms with Gasteiger partial charge in [0.15, 0.2) is 0 Å². The topological polar surface area (TPSA) is 46.3 Å². The van der Waals surface area contributed by atoms with Crippen LogP contribution in [0.2, 0.25) is 5.02 Å². The van der Waals surface area contributed by atoms with E-state index in [9.17, 15) is 9.18 Å². The van der Waals surface area contributed by atoms with E-state index in [1.54, 1.807) is 4.90 Å². The summed E-state index contributed by atoms with van der Waals surface area (Å²) in [4.78, 5) is 13.6. The first-order valence-corrected chi connectivity index (χ1v) is 5.45. The Bertz CT molecular complexity index is 428. The van der Waals surface area contributed by atoms with Crippen LogP contribution in [0.4, 0.5) is 4.39 Å². The average Bonchev–Trinajstić information content (AvgIpc) is 2.64. The number of carbonyl (C=O) groups excluding carboxylic acids is 1. The second-order valence-corrected chi connectivity index (χ2v) is 4.33. The number of hydrogen-bond donors (Lipinski definition) is 1. The van der Waals surface area contributed by atoms with Gasteiger partial charge in [-0.2, -0.15) is 0 Å². The van der Waals surface area contributed by atoms with Gasteiger partial charge in [-0.25, -0.2) is 4.39 Å². The second kappa shape index (κ2) is 5.67. The van der Waals surface area contributed by atoms with E-state index in [0.717, 1.165) is 12.5 Å². The Kier molecular flexibility index (Phi) is 4.74. The van der Waals surface area contributed by atoms with Crippen LogP contribution in [0.1, 0.15) is 16.8 Å². The molecule has 17 heavy (non-hydrogen) atoms. The fraction of sp³-hybridized carbons (Fsp3) is 0.364. The van der Waals surface area contributed by atoms with Gasteiger partial charge in [-0.15, -0.1) is 12.4 Å². The minimum absolute atomic E-state index is 0. The van der Waals surface area contributed by atoms with Gasteiger partial charge in [0.2, 0.25) is 0 Å². The van der Waals surface area contributed by atoms with E-state index in [-0.39, 0.29) is 29.4 Å². The molecule has 1 aromatic rings. The predicted molar refractivity (Wildman–Crippen MR) is 67.2 cm³/mol. The van der Waals surface area contributed by atoms with Crippen molar-refractivity contribution >= 4 is 29.9 Å². The van der Waals surface area contributed by atoms with Crippen molar-refractivity contribution in [2.24, 2.45) is 5.73 Å². The van der Waals surface area contributed by atoms with E-state index >= 15 is 0 Å². The number of amides is 1. The molecule has 1 amide bonds. The maximum atomic E-state index is 12.8. The van der Waals surface area contributed by atoms with Crippen molar-refractivity contribution in [3.05, 3.63) is 34.6 Å². The Morgan fingerprint density at radius 1 is 1.53 bits per heavy atom. The summed E-state index contributed by atoms with van der Waals surface area (Å²) in [7, 11) is 0. The van der Waals surface area contributed by atoms with Gasteiger partial charge in [-0.1, -0.05) is 11.6 Å². The van der Waals surface area contributed by atoms with Crippen molar-refractivity contribution in [1.29, 1.82) is 0 Å². The lowest BCUT2D eigenvalue weighted by molar-refractivity contribution is 0.0791. The summed E-state index contributed by atoms with van der Waals surface area (Å²) >= 11 is 5.82. The fourth-order valence-corrected chi connectivity index (χ4v) is 2.05. The molecule has 94 valence electrons. The third-order valence-corrected chi connectivity index (χ3v) is 2.99. The van der Waals surface area contributed by atoms with E-state index in [2.05, 4.69) is 0 Å². The zero-order chi connectivity index (χ0) is 11.7. The van der Waals surface area contributed by atoms with Crippen molar-refractivity contribution in [2.75, 3.05) is 13.1 Å². The van der Waals surface area contributed by atoms with E-state index < -0.39 is 5.82 Å². The molecule has 1 heterocycles. The van der Waals surface area contributed by atoms with Crippen LogP contribution < -0.4 is 5.73 Å². The van der Waals surface area contributed by atoms with Gasteiger partial charge in [0.05, 0.1) is 10.6 Å². The molecule has 0 radical (unpaired) electrons. The average molecular weight is 279 g/mol. The third-order valence-electron chi connectivity index (χ3n) is 2.67. The minimum atomic E-state index is -0.445. The lowest BCUT2D eigenvalue weighted by Crippen LogP contribution is -2.32. The maximum absolute atomic E-state index is 12.8. The summed E-state index contributed by atoms with van der Waals surface area (Å²) in [6.45, 7) is 1.17. The van der Waals surface area contributed by atoms with Crippen LogP contribution in [-0.4, -0.2) is 29.9 Å².